The lowest BCUT2D eigenvalue weighted by Crippen LogP contribution is -2.70. The highest BCUT2D eigenvalue weighted by Gasteiger charge is 2.85. The Morgan fingerprint density at radius 3 is 2.51 bits per heavy atom. The van der Waals surface area contributed by atoms with E-state index in [2.05, 4.69) is 37.9 Å². The van der Waals surface area contributed by atoms with Crippen molar-refractivity contribution < 1.29 is 34.3 Å². The Hall–Kier alpha value is -0.850. The molecular weight excluding hydrogens is 598 g/mol. The number of ether oxygens (including phenoxy) is 3. The Labute approximate surface area is 280 Å². The summed E-state index contributed by atoms with van der Waals surface area (Å²) in [5, 5.41) is 36.9. The number of aliphatic hydroxyl groups is 3. The Morgan fingerprint density at radius 1 is 1.09 bits per heavy atom. The molecule has 0 bridgehead atoms. The van der Waals surface area contributed by atoms with Gasteiger partial charge in [-0.3, -0.25) is 9.69 Å². The predicted octanol–water partition coefficient (Wildman–Crippen LogP) is 2.55. The third-order valence-electron chi connectivity index (χ3n) is 16.2. The lowest BCUT2D eigenvalue weighted by molar-refractivity contribution is -0.248. The van der Waals surface area contributed by atoms with Crippen LogP contribution in [0.3, 0.4) is 0 Å². The molecule has 3 heterocycles. The molecule has 5 saturated carbocycles. The van der Waals surface area contributed by atoms with E-state index in [0.717, 1.165) is 58.0 Å². The summed E-state index contributed by atoms with van der Waals surface area (Å²) in [5.74, 6) is 1.19. The monoisotopic (exact) mass is 659 g/mol. The lowest BCUT2D eigenvalue weighted by atomic mass is 9.43. The van der Waals surface area contributed by atoms with Crippen molar-refractivity contribution in [3.63, 3.8) is 0 Å². The Kier molecular flexibility index (Phi) is 7.51. The predicted molar refractivity (Wildman–Crippen MR) is 175 cm³/mol. The van der Waals surface area contributed by atoms with Crippen LogP contribution < -0.4 is 11.1 Å². The molecule has 0 aromatic heterocycles. The number of nitrogens with zero attached hydrogens (tertiary/aromatic N) is 1. The van der Waals surface area contributed by atoms with Gasteiger partial charge in [0.2, 0.25) is 5.91 Å². The number of hydrogen-bond acceptors (Lipinski definition) is 9. The van der Waals surface area contributed by atoms with Gasteiger partial charge in [0.05, 0.1) is 54.7 Å². The summed E-state index contributed by atoms with van der Waals surface area (Å²) in [6, 6.07) is -0.0737. The molecular formula is C37H61N3O7. The highest BCUT2D eigenvalue weighted by molar-refractivity contribution is 5.83. The first-order valence-electron chi connectivity index (χ1n) is 18.8. The molecule has 8 aliphatic rings. The van der Waals surface area contributed by atoms with Gasteiger partial charge in [0.1, 0.15) is 6.10 Å². The minimum atomic E-state index is -1.29. The molecule has 8 rings (SSSR count). The first-order valence-corrected chi connectivity index (χ1v) is 18.8. The van der Waals surface area contributed by atoms with Gasteiger partial charge in [-0.25, -0.2) is 0 Å². The van der Waals surface area contributed by atoms with E-state index in [1.807, 2.05) is 0 Å². The van der Waals surface area contributed by atoms with Gasteiger partial charge in [-0.1, -0.05) is 27.7 Å². The molecule has 47 heavy (non-hydrogen) atoms. The zero-order valence-corrected chi connectivity index (χ0v) is 29.5. The second kappa shape index (κ2) is 10.6. The van der Waals surface area contributed by atoms with Crippen LogP contribution in [0.4, 0.5) is 0 Å². The molecule has 10 nitrogen and oxygen atoms in total. The van der Waals surface area contributed by atoms with Gasteiger partial charge in [0.25, 0.3) is 0 Å². The molecule has 15 unspecified atom stereocenters. The van der Waals surface area contributed by atoms with E-state index in [1.165, 1.54) is 6.42 Å². The van der Waals surface area contributed by atoms with Gasteiger partial charge in [-0.05, 0) is 117 Å². The van der Waals surface area contributed by atoms with Crippen LogP contribution in [0, 0.1) is 45.3 Å². The number of aliphatic hydroxyl groups excluding tert-OH is 2. The minimum Gasteiger partial charge on any atom is -0.388 e. The SMILES string of the molecule is CC1CC(C(O)C(C)(C)O)OC2C1C1(C)CCC34CC35CCC(OC3CN(C6CCNC6=O)CCO3)C(C)(C)C5CCC4C1(N)C2O. The van der Waals surface area contributed by atoms with E-state index in [-0.39, 0.29) is 63.8 Å². The van der Waals surface area contributed by atoms with Gasteiger partial charge < -0.3 is 40.6 Å². The van der Waals surface area contributed by atoms with Gasteiger partial charge >= 0.3 is 0 Å². The van der Waals surface area contributed by atoms with Gasteiger partial charge in [-0.15, -0.1) is 0 Å². The van der Waals surface area contributed by atoms with Crippen molar-refractivity contribution in [1.29, 1.82) is 0 Å². The summed E-state index contributed by atoms with van der Waals surface area (Å²) in [7, 11) is 0. The smallest absolute Gasteiger partial charge is 0.237 e. The lowest BCUT2D eigenvalue weighted by Gasteiger charge is -2.63. The number of morpholine rings is 1. The number of nitrogens with two attached hydrogens (primary N) is 1. The Balaban J connectivity index is 1.02. The van der Waals surface area contributed by atoms with Gasteiger partial charge in [0, 0.05) is 13.1 Å². The van der Waals surface area contributed by atoms with Crippen LogP contribution in [0.25, 0.3) is 0 Å². The average Bonchev–Trinajstić information content (AvgIpc) is 3.41. The number of amides is 1. The quantitative estimate of drug-likeness (QED) is 0.301. The molecule has 266 valence electrons. The van der Waals surface area contributed by atoms with Crippen molar-refractivity contribution in [1.82, 2.24) is 10.2 Å². The van der Waals surface area contributed by atoms with Gasteiger partial charge in [0.15, 0.2) is 6.29 Å². The molecule has 15 atom stereocenters. The van der Waals surface area contributed by atoms with E-state index in [4.69, 9.17) is 19.9 Å². The molecule has 8 fully saturated rings. The van der Waals surface area contributed by atoms with Gasteiger partial charge in [-0.2, -0.15) is 0 Å². The molecule has 0 radical (unpaired) electrons. The summed E-state index contributed by atoms with van der Waals surface area (Å²) < 4.78 is 19.6. The van der Waals surface area contributed by atoms with Crippen molar-refractivity contribution in [2.24, 2.45) is 51.1 Å². The largest absolute Gasteiger partial charge is 0.388 e. The van der Waals surface area contributed by atoms with Crippen LogP contribution in [-0.4, -0.2) is 106 Å². The van der Waals surface area contributed by atoms with E-state index < -0.39 is 35.6 Å². The fourth-order valence-electron chi connectivity index (χ4n) is 14.0. The maximum atomic E-state index is 12.4. The van der Waals surface area contributed by atoms with E-state index in [0.29, 0.717) is 25.5 Å². The first kappa shape index (κ1) is 33.3. The molecule has 1 amide bonds. The standard InChI is InChI=1S/C37H61N3O7/c1-20-17-22(29(41)33(4,5)44)46-28-27(20)34(6)12-13-36-19-35(36)11-9-25(32(2,3)23(35)7-8-24(36)37(34,38)30(28)42)47-26-18-40(15-16-45-26)21-10-14-39-31(21)43/h20-30,41-42,44H,7-19,38H2,1-6H3,(H,39,43). The number of carbonyl (C=O) groups excluding carboxylic acids is 1. The number of nitrogens with one attached hydrogen (secondary N) is 1. The first-order chi connectivity index (χ1) is 22.0. The third-order valence-corrected chi connectivity index (χ3v) is 16.2. The van der Waals surface area contributed by atoms with Crippen LogP contribution in [0.1, 0.15) is 99.3 Å². The molecule has 0 aromatic carbocycles. The topological polar surface area (TPSA) is 147 Å². The summed E-state index contributed by atoms with van der Waals surface area (Å²) in [4.78, 5) is 14.6. The fourth-order valence-corrected chi connectivity index (χ4v) is 14.0. The number of fused-ring (bicyclic) bond motifs is 4. The molecule has 3 saturated heterocycles. The van der Waals surface area contributed by atoms with Crippen LogP contribution in [-0.2, 0) is 19.0 Å². The molecule has 5 aliphatic carbocycles. The molecule has 6 N–H and O–H groups in total. The second-order valence-electron chi connectivity index (χ2n) is 18.8. The Morgan fingerprint density at radius 2 is 1.81 bits per heavy atom. The van der Waals surface area contributed by atoms with E-state index in [1.54, 1.807) is 13.8 Å². The number of carbonyl (C=O) groups is 1. The maximum absolute atomic E-state index is 12.4. The van der Waals surface area contributed by atoms with E-state index in [9.17, 15) is 20.1 Å². The zero-order chi connectivity index (χ0) is 33.5. The second-order valence-corrected chi connectivity index (χ2v) is 18.8. The minimum absolute atomic E-state index is 0.0357. The van der Waals surface area contributed by atoms with Crippen molar-refractivity contribution in [2.75, 3.05) is 26.2 Å². The van der Waals surface area contributed by atoms with Crippen molar-refractivity contribution in [3.05, 3.63) is 0 Å². The summed E-state index contributed by atoms with van der Waals surface area (Å²) in [5.41, 5.74) is 5.73. The average molecular weight is 660 g/mol. The van der Waals surface area contributed by atoms with Crippen molar-refractivity contribution in [2.45, 2.75) is 153 Å². The van der Waals surface area contributed by atoms with Crippen molar-refractivity contribution >= 4 is 5.91 Å². The van der Waals surface area contributed by atoms with Crippen LogP contribution in [0.15, 0.2) is 0 Å². The number of rotatable bonds is 5. The number of hydrogen-bond donors (Lipinski definition) is 5. The highest BCUT2D eigenvalue weighted by Crippen LogP contribution is 2.87. The molecule has 0 aromatic rings. The van der Waals surface area contributed by atoms with Crippen LogP contribution >= 0.6 is 0 Å². The molecule has 10 heteroatoms. The Bertz CT molecular complexity index is 1270. The van der Waals surface area contributed by atoms with Crippen LogP contribution in [0.2, 0.25) is 0 Å². The maximum Gasteiger partial charge on any atom is 0.237 e. The normalized spacial score (nSPS) is 54.4. The summed E-state index contributed by atoms with van der Waals surface area (Å²) in [6.45, 7) is 15.4. The highest BCUT2D eigenvalue weighted by atomic mass is 16.7. The van der Waals surface area contributed by atoms with Crippen LogP contribution in [0.5, 0.6) is 0 Å². The zero-order valence-electron chi connectivity index (χ0n) is 29.5. The molecule has 3 aliphatic heterocycles. The summed E-state index contributed by atoms with van der Waals surface area (Å²) >= 11 is 0. The third kappa shape index (κ3) is 4.34. The van der Waals surface area contributed by atoms with Crippen molar-refractivity contribution in [3.8, 4) is 0 Å². The summed E-state index contributed by atoms with van der Waals surface area (Å²) in [6.07, 6.45) is 5.95. The van der Waals surface area contributed by atoms with E-state index >= 15 is 0 Å². The molecule has 2 spiro atoms. The fraction of sp³-hybridized carbons (Fsp3) is 0.973.